The summed E-state index contributed by atoms with van der Waals surface area (Å²) in [7, 11) is -2.36. The molecule has 2 aromatic carbocycles. The molecule has 1 N–H and O–H groups in total. The van der Waals surface area contributed by atoms with E-state index in [1.54, 1.807) is 30.3 Å². The minimum absolute atomic E-state index is 0.105. The molecule has 0 atom stereocenters. The smallest absolute Gasteiger partial charge is 0.265 e. The number of benzene rings is 2. The molecule has 0 fully saturated rings. The summed E-state index contributed by atoms with van der Waals surface area (Å²) >= 11 is 0. The summed E-state index contributed by atoms with van der Waals surface area (Å²) in [5.41, 5.74) is 4.83. The van der Waals surface area contributed by atoms with Crippen molar-refractivity contribution in [3.8, 4) is 17.0 Å². The molecular weight excluding hydrogens is 386 g/mol. The lowest BCUT2D eigenvalue weighted by molar-refractivity contribution is 0.402. The number of pyridine rings is 1. The van der Waals surface area contributed by atoms with E-state index in [1.165, 1.54) is 7.11 Å². The molecule has 0 saturated heterocycles. The highest BCUT2D eigenvalue weighted by molar-refractivity contribution is 7.92. The molecule has 2 aromatic heterocycles. The number of imidazole rings is 1. The van der Waals surface area contributed by atoms with Gasteiger partial charge in [0, 0.05) is 23.6 Å². The maximum Gasteiger partial charge on any atom is 0.265 e. The fourth-order valence-corrected chi connectivity index (χ4v) is 4.54. The molecule has 148 valence electrons. The number of sulfonamides is 1. The molecular formula is C22H21N3O3S. The van der Waals surface area contributed by atoms with E-state index in [0.717, 1.165) is 28.0 Å². The summed E-state index contributed by atoms with van der Waals surface area (Å²) in [5.74, 6) is 0.301. The number of anilines is 1. The Morgan fingerprint density at radius 1 is 1.03 bits per heavy atom. The van der Waals surface area contributed by atoms with Gasteiger partial charge in [0.15, 0.2) is 0 Å². The Morgan fingerprint density at radius 2 is 1.86 bits per heavy atom. The zero-order valence-corrected chi connectivity index (χ0v) is 17.2. The van der Waals surface area contributed by atoms with E-state index in [-0.39, 0.29) is 4.90 Å². The normalized spacial score (nSPS) is 11.6. The lowest BCUT2D eigenvalue weighted by Crippen LogP contribution is -2.14. The fraction of sp³-hybridized carbons (Fsp3) is 0.136. The summed E-state index contributed by atoms with van der Waals surface area (Å²) in [4.78, 5) is 4.79. The zero-order valence-electron chi connectivity index (χ0n) is 16.4. The van der Waals surface area contributed by atoms with Crippen molar-refractivity contribution in [1.29, 1.82) is 0 Å². The van der Waals surface area contributed by atoms with Crippen molar-refractivity contribution in [1.82, 2.24) is 9.38 Å². The third kappa shape index (κ3) is 3.69. The summed E-state index contributed by atoms with van der Waals surface area (Å²) in [6.07, 6.45) is 3.87. The second kappa shape index (κ2) is 7.25. The molecule has 4 rings (SSSR count). The molecule has 2 heterocycles. The lowest BCUT2D eigenvalue weighted by Gasteiger charge is -2.13. The molecule has 0 bridgehead atoms. The highest BCUT2D eigenvalue weighted by Crippen LogP contribution is 2.28. The van der Waals surface area contributed by atoms with Crippen molar-refractivity contribution in [2.24, 2.45) is 0 Å². The minimum atomic E-state index is -3.81. The van der Waals surface area contributed by atoms with Crippen LogP contribution in [-0.4, -0.2) is 24.9 Å². The molecule has 0 amide bonds. The summed E-state index contributed by atoms with van der Waals surface area (Å²) < 4.78 is 35.7. The van der Waals surface area contributed by atoms with Gasteiger partial charge in [-0.25, -0.2) is 13.4 Å². The lowest BCUT2D eigenvalue weighted by atomic mass is 10.1. The van der Waals surface area contributed by atoms with Gasteiger partial charge in [-0.1, -0.05) is 24.3 Å². The van der Waals surface area contributed by atoms with Crippen molar-refractivity contribution in [3.63, 3.8) is 0 Å². The Kier molecular flexibility index (Phi) is 4.76. The number of ether oxygens (including phenoxy) is 1. The molecule has 0 aliphatic carbocycles. The third-order valence-electron chi connectivity index (χ3n) is 4.70. The standard InChI is InChI=1S/C22H21N3O3S/c1-15-9-10-20(28-3)21(12-15)29(26,27)24-18-8-4-7-17(13-18)19-14-25-11-5-6-16(2)22(25)23-19/h4-14,24H,1-3H3. The molecule has 0 unspecified atom stereocenters. The van der Waals surface area contributed by atoms with Crippen LogP contribution in [0.5, 0.6) is 5.75 Å². The third-order valence-corrected chi connectivity index (χ3v) is 6.10. The first-order chi connectivity index (χ1) is 13.9. The first kappa shape index (κ1) is 19.0. The molecule has 29 heavy (non-hydrogen) atoms. The van der Waals surface area contributed by atoms with E-state index >= 15 is 0 Å². The Labute approximate surface area is 169 Å². The maximum absolute atomic E-state index is 13.0. The van der Waals surface area contributed by atoms with E-state index in [4.69, 9.17) is 4.74 Å². The number of fused-ring (bicyclic) bond motifs is 1. The number of nitrogens with one attached hydrogen (secondary N) is 1. The van der Waals surface area contributed by atoms with Gasteiger partial charge in [-0.15, -0.1) is 0 Å². The van der Waals surface area contributed by atoms with Crippen molar-refractivity contribution in [3.05, 3.63) is 78.1 Å². The van der Waals surface area contributed by atoms with E-state index in [1.807, 2.05) is 54.9 Å². The van der Waals surface area contributed by atoms with Gasteiger partial charge in [0.25, 0.3) is 10.0 Å². The van der Waals surface area contributed by atoms with Gasteiger partial charge in [0.1, 0.15) is 16.3 Å². The summed E-state index contributed by atoms with van der Waals surface area (Å²) in [6, 6.07) is 16.2. The van der Waals surface area contributed by atoms with Gasteiger partial charge in [-0.05, 0) is 55.3 Å². The van der Waals surface area contributed by atoms with Crippen molar-refractivity contribution in [2.45, 2.75) is 18.7 Å². The van der Waals surface area contributed by atoms with E-state index in [9.17, 15) is 8.42 Å². The molecule has 0 aliphatic rings. The summed E-state index contributed by atoms with van der Waals surface area (Å²) in [6.45, 7) is 3.84. The Balaban J connectivity index is 1.70. The number of aryl methyl sites for hydroxylation is 2. The minimum Gasteiger partial charge on any atom is -0.495 e. The van der Waals surface area contributed by atoms with Crippen LogP contribution < -0.4 is 9.46 Å². The van der Waals surface area contributed by atoms with Gasteiger partial charge in [0.2, 0.25) is 0 Å². The first-order valence-electron chi connectivity index (χ1n) is 9.09. The van der Waals surface area contributed by atoms with Crippen molar-refractivity contribution in [2.75, 3.05) is 11.8 Å². The van der Waals surface area contributed by atoms with Gasteiger partial charge in [-0.3, -0.25) is 4.72 Å². The average Bonchev–Trinajstić information content (AvgIpc) is 3.14. The van der Waals surface area contributed by atoms with Crippen LogP contribution >= 0.6 is 0 Å². The highest BCUT2D eigenvalue weighted by atomic mass is 32.2. The molecule has 6 nitrogen and oxygen atoms in total. The predicted molar refractivity (Wildman–Crippen MR) is 114 cm³/mol. The number of aromatic nitrogens is 2. The Hall–Kier alpha value is -3.32. The van der Waals surface area contributed by atoms with Crippen LogP contribution in [0.15, 0.2) is 71.9 Å². The highest BCUT2D eigenvalue weighted by Gasteiger charge is 2.20. The Bertz CT molecular complexity index is 1310. The SMILES string of the molecule is COc1ccc(C)cc1S(=O)(=O)Nc1cccc(-c2cn3cccc(C)c3n2)c1. The summed E-state index contributed by atoms with van der Waals surface area (Å²) in [5, 5.41) is 0. The van der Waals surface area contributed by atoms with Crippen molar-refractivity contribution >= 4 is 21.4 Å². The van der Waals surface area contributed by atoms with Crippen LogP contribution in [-0.2, 0) is 10.0 Å². The van der Waals surface area contributed by atoms with Crippen molar-refractivity contribution < 1.29 is 13.2 Å². The number of rotatable bonds is 5. The molecule has 0 aliphatic heterocycles. The van der Waals surface area contributed by atoms with Crippen LogP contribution in [0.4, 0.5) is 5.69 Å². The fourth-order valence-electron chi connectivity index (χ4n) is 3.24. The number of nitrogens with zero attached hydrogens (tertiary/aromatic N) is 2. The van der Waals surface area contributed by atoms with Crippen LogP contribution in [0.2, 0.25) is 0 Å². The average molecular weight is 407 g/mol. The van der Waals surface area contributed by atoms with E-state index in [2.05, 4.69) is 9.71 Å². The van der Waals surface area contributed by atoms with E-state index < -0.39 is 10.0 Å². The zero-order chi connectivity index (χ0) is 20.6. The van der Waals surface area contributed by atoms with Gasteiger partial charge < -0.3 is 9.14 Å². The van der Waals surface area contributed by atoms with Crippen LogP contribution in [0.1, 0.15) is 11.1 Å². The number of hydrogen-bond donors (Lipinski definition) is 1. The second-order valence-corrected chi connectivity index (χ2v) is 8.54. The predicted octanol–water partition coefficient (Wildman–Crippen LogP) is 4.43. The molecule has 7 heteroatoms. The largest absolute Gasteiger partial charge is 0.495 e. The monoisotopic (exact) mass is 407 g/mol. The quantitative estimate of drug-likeness (QED) is 0.531. The van der Waals surface area contributed by atoms with Crippen LogP contribution in [0.3, 0.4) is 0 Å². The molecule has 4 aromatic rings. The molecule has 0 spiro atoms. The molecule has 0 radical (unpaired) electrons. The number of methoxy groups -OCH3 is 1. The van der Waals surface area contributed by atoms with E-state index in [0.29, 0.717) is 11.4 Å². The van der Waals surface area contributed by atoms with Crippen LogP contribution in [0, 0.1) is 13.8 Å². The second-order valence-electron chi connectivity index (χ2n) is 6.89. The Morgan fingerprint density at radius 3 is 2.62 bits per heavy atom. The van der Waals surface area contributed by atoms with Gasteiger partial charge in [0.05, 0.1) is 12.8 Å². The van der Waals surface area contributed by atoms with Crippen LogP contribution in [0.25, 0.3) is 16.9 Å². The first-order valence-corrected chi connectivity index (χ1v) is 10.6. The topological polar surface area (TPSA) is 72.7 Å². The molecule has 0 saturated carbocycles. The maximum atomic E-state index is 13.0. The van der Waals surface area contributed by atoms with Gasteiger partial charge >= 0.3 is 0 Å². The number of hydrogen-bond acceptors (Lipinski definition) is 4. The van der Waals surface area contributed by atoms with Gasteiger partial charge in [-0.2, -0.15) is 0 Å².